The molecule has 1 aliphatic carbocycles. The molecule has 6 nitrogen and oxygen atoms in total. The molecule has 0 bridgehead atoms. The molecule has 0 unspecified atom stereocenters. The Balaban J connectivity index is 1.92. The molecule has 2 aromatic rings. The van der Waals surface area contributed by atoms with Crippen LogP contribution in [0.25, 0.3) is 0 Å². The molecule has 1 heterocycles. The quantitative estimate of drug-likeness (QED) is 0.931. The Kier molecular flexibility index (Phi) is 3.29. The van der Waals surface area contributed by atoms with Gasteiger partial charge in [-0.2, -0.15) is 4.98 Å². The molecule has 7 heteroatoms. The van der Waals surface area contributed by atoms with Crippen molar-refractivity contribution in [3.63, 3.8) is 0 Å². The first-order chi connectivity index (χ1) is 9.91. The maximum absolute atomic E-state index is 11.6. The first kappa shape index (κ1) is 13.8. The Morgan fingerprint density at radius 1 is 1.29 bits per heavy atom. The minimum absolute atomic E-state index is 0.159. The highest BCUT2D eigenvalue weighted by Crippen LogP contribution is 2.38. The van der Waals surface area contributed by atoms with Gasteiger partial charge in [0, 0.05) is 12.2 Å². The highest BCUT2D eigenvalue weighted by molar-refractivity contribution is 7.90. The second kappa shape index (κ2) is 5.00. The van der Waals surface area contributed by atoms with Crippen molar-refractivity contribution in [3.8, 4) is 11.6 Å². The molecule has 1 aromatic carbocycles. The molecular weight excluding hydrogens is 292 g/mol. The lowest BCUT2D eigenvalue weighted by Gasteiger charge is -2.07. The summed E-state index contributed by atoms with van der Waals surface area (Å²) in [5.41, 5.74) is -0.277. The predicted molar refractivity (Wildman–Crippen MR) is 76.5 cm³/mol. The minimum Gasteiger partial charge on any atom is -0.439 e. The van der Waals surface area contributed by atoms with Gasteiger partial charge in [0.15, 0.2) is 9.84 Å². The molecule has 0 radical (unpaired) electrons. The van der Waals surface area contributed by atoms with Gasteiger partial charge in [-0.15, -0.1) is 0 Å². The summed E-state index contributed by atoms with van der Waals surface area (Å²) >= 11 is 0. The maximum Gasteiger partial charge on any atom is 0.254 e. The third-order valence-corrected chi connectivity index (χ3v) is 4.27. The van der Waals surface area contributed by atoms with Crippen molar-refractivity contribution >= 4 is 9.84 Å². The van der Waals surface area contributed by atoms with E-state index in [0.717, 1.165) is 19.1 Å². The molecule has 1 aromatic heterocycles. The largest absolute Gasteiger partial charge is 0.439 e. The number of nitrogens with zero attached hydrogens (tertiary/aromatic N) is 1. The molecule has 3 rings (SSSR count). The summed E-state index contributed by atoms with van der Waals surface area (Å²) in [6.07, 6.45) is 3.15. The zero-order valence-corrected chi connectivity index (χ0v) is 12.2. The second-order valence-electron chi connectivity index (χ2n) is 5.09. The average molecular weight is 306 g/mol. The van der Waals surface area contributed by atoms with Gasteiger partial charge < -0.3 is 9.72 Å². The Morgan fingerprint density at radius 2 is 2.05 bits per heavy atom. The molecule has 1 aliphatic rings. The summed E-state index contributed by atoms with van der Waals surface area (Å²) < 4.78 is 28.6. The van der Waals surface area contributed by atoms with Gasteiger partial charge in [0.1, 0.15) is 11.6 Å². The zero-order chi connectivity index (χ0) is 15.0. The molecule has 1 fully saturated rings. The number of H-pyrrole nitrogens is 1. The van der Waals surface area contributed by atoms with Crippen molar-refractivity contribution in [2.75, 3.05) is 6.26 Å². The third-order valence-electron chi connectivity index (χ3n) is 3.16. The van der Waals surface area contributed by atoms with Gasteiger partial charge in [0.2, 0.25) is 5.88 Å². The first-order valence-corrected chi connectivity index (χ1v) is 8.40. The average Bonchev–Trinajstić information content (AvgIpc) is 3.21. The van der Waals surface area contributed by atoms with Crippen LogP contribution in [-0.4, -0.2) is 24.6 Å². The van der Waals surface area contributed by atoms with E-state index in [-0.39, 0.29) is 16.3 Å². The van der Waals surface area contributed by atoms with Crippen molar-refractivity contribution in [1.82, 2.24) is 9.97 Å². The van der Waals surface area contributed by atoms with E-state index in [9.17, 15) is 13.2 Å². The predicted octanol–water partition coefficient (Wildman–Crippen LogP) is 1.84. The molecule has 1 N–H and O–H groups in total. The van der Waals surface area contributed by atoms with Crippen LogP contribution in [0.3, 0.4) is 0 Å². The van der Waals surface area contributed by atoms with Crippen LogP contribution in [-0.2, 0) is 9.84 Å². The number of hydrogen-bond donors (Lipinski definition) is 1. The fraction of sp³-hybridized carbons (Fsp3) is 0.286. The lowest BCUT2D eigenvalue weighted by molar-refractivity contribution is 0.456. The zero-order valence-electron chi connectivity index (χ0n) is 11.4. The highest BCUT2D eigenvalue weighted by atomic mass is 32.2. The highest BCUT2D eigenvalue weighted by Gasteiger charge is 2.26. The minimum atomic E-state index is -3.31. The number of sulfone groups is 1. The fourth-order valence-corrected chi connectivity index (χ4v) is 2.60. The molecule has 21 heavy (non-hydrogen) atoms. The van der Waals surface area contributed by atoms with E-state index in [0.29, 0.717) is 17.5 Å². The van der Waals surface area contributed by atoms with Crippen LogP contribution in [0.5, 0.6) is 11.6 Å². The van der Waals surface area contributed by atoms with Crippen LogP contribution in [0.1, 0.15) is 24.6 Å². The lowest BCUT2D eigenvalue weighted by Crippen LogP contribution is -2.10. The van der Waals surface area contributed by atoms with Gasteiger partial charge >= 0.3 is 0 Å². The van der Waals surface area contributed by atoms with Crippen molar-refractivity contribution in [2.45, 2.75) is 23.7 Å². The van der Waals surface area contributed by atoms with E-state index in [1.807, 2.05) is 0 Å². The molecule has 0 atom stereocenters. The van der Waals surface area contributed by atoms with E-state index in [4.69, 9.17) is 4.74 Å². The number of hydrogen-bond acceptors (Lipinski definition) is 5. The number of benzene rings is 1. The third kappa shape index (κ3) is 3.30. The lowest BCUT2D eigenvalue weighted by atomic mass is 10.3. The summed E-state index contributed by atoms with van der Waals surface area (Å²) in [6.45, 7) is 0. The van der Waals surface area contributed by atoms with Gasteiger partial charge in [-0.05, 0) is 31.0 Å². The number of aromatic amines is 1. The summed E-state index contributed by atoms with van der Waals surface area (Å²) in [5, 5.41) is 0. The SMILES string of the molecule is CS(=O)(=O)c1cccc(Oc2cc(=O)[nH]c(C3CC3)n2)c1. The molecule has 0 spiro atoms. The smallest absolute Gasteiger partial charge is 0.254 e. The van der Waals surface area contributed by atoms with Gasteiger partial charge in [0.25, 0.3) is 5.56 Å². The van der Waals surface area contributed by atoms with Gasteiger partial charge in [-0.3, -0.25) is 4.79 Å². The molecular formula is C14H14N2O4S. The summed E-state index contributed by atoms with van der Waals surface area (Å²) in [4.78, 5) is 18.7. The van der Waals surface area contributed by atoms with Crippen molar-refractivity contribution in [1.29, 1.82) is 0 Å². The van der Waals surface area contributed by atoms with Crippen LogP contribution in [0.15, 0.2) is 40.0 Å². The monoisotopic (exact) mass is 306 g/mol. The van der Waals surface area contributed by atoms with Crippen LogP contribution < -0.4 is 10.3 Å². The molecule has 0 amide bonds. The number of nitrogens with one attached hydrogen (secondary N) is 1. The van der Waals surface area contributed by atoms with E-state index in [2.05, 4.69) is 9.97 Å². The number of rotatable bonds is 4. The van der Waals surface area contributed by atoms with Crippen molar-refractivity contribution in [2.24, 2.45) is 0 Å². The normalized spacial score (nSPS) is 14.9. The van der Waals surface area contributed by atoms with E-state index < -0.39 is 9.84 Å². The van der Waals surface area contributed by atoms with Crippen LogP contribution in [0.4, 0.5) is 0 Å². The van der Waals surface area contributed by atoms with E-state index >= 15 is 0 Å². The van der Waals surface area contributed by atoms with Crippen LogP contribution in [0.2, 0.25) is 0 Å². The summed E-state index contributed by atoms with van der Waals surface area (Å²) in [7, 11) is -3.31. The molecule has 1 saturated carbocycles. The summed E-state index contributed by atoms with van der Waals surface area (Å²) in [5.74, 6) is 1.42. The van der Waals surface area contributed by atoms with Gasteiger partial charge in [0.05, 0.1) is 11.0 Å². The molecule has 0 saturated heterocycles. The number of ether oxygens (including phenoxy) is 1. The van der Waals surface area contributed by atoms with E-state index in [1.165, 1.54) is 18.2 Å². The molecule has 0 aliphatic heterocycles. The Morgan fingerprint density at radius 3 is 2.71 bits per heavy atom. The number of aromatic nitrogens is 2. The molecule has 110 valence electrons. The van der Waals surface area contributed by atoms with Gasteiger partial charge in [-0.25, -0.2) is 8.42 Å². The maximum atomic E-state index is 11.6. The summed E-state index contributed by atoms with van der Waals surface area (Å²) in [6, 6.07) is 7.35. The Bertz CT molecular complexity index is 838. The standard InChI is InChI=1S/C14H14N2O4S/c1-21(18,19)11-4-2-3-10(7-11)20-13-8-12(17)15-14(16-13)9-5-6-9/h2-4,7-9H,5-6H2,1H3,(H,15,16,17). The van der Waals surface area contributed by atoms with Crippen molar-refractivity contribution < 1.29 is 13.2 Å². The van der Waals surface area contributed by atoms with Crippen LogP contribution >= 0.6 is 0 Å². The van der Waals surface area contributed by atoms with E-state index in [1.54, 1.807) is 12.1 Å². The first-order valence-electron chi connectivity index (χ1n) is 6.51. The van der Waals surface area contributed by atoms with Crippen LogP contribution in [0, 0.1) is 0 Å². The van der Waals surface area contributed by atoms with Gasteiger partial charge in [-0.1, -0.05) is 6.07 Å². The Hall–Kier alpha value is -2.15. The fourth-order valence-electron chi connectivity index (χ4n) is 1.94. The topological polar surface area (TPSA) is 89.1 Å². The Labute approximate surface area is 121 Å². The second-order valence-corrected chi connectivity index (χ2v) is 7.11. The van der Waals surface area contributed by atoms with Crippen molar-refractivity contribution in [3.05, 3.63) is 46.5 Å².